The van der Waals surface area contributed by atoms with E-state index in [1.807, 2.05) is 6.07 Å². The molecule has 0 aromatic carbocycles. The number of hydrogen-bond donors (Lipinski definition) is 2. The zero-order chi connectivity index (χ0) is 15.2. The monoisotopic (exact) mass is 321 g/mol. The highest BCUT2D eigenvalue weighted by molar-refractivity contribution is 7.80. The lowest BCUT2D eigenvalue weighted by molar-refractivity contribution is 0.215. The highest BCUT2D eigenvalue weighted by Gasteiger charge is 2.25. The Morgan fingerprint density at radius 3 is 2.68 bits per heavy atom. The fourth-order valence-electron chi connectivity index (χ4n) is 3.62. The van der Waals surface area contributed by atoms with E-state index in [1.165, 1.54) is 44.9 Å². The van der Waals surface area contributed by atoms with Crippen molar-refractivity contribution < 1.29 is 4.42 Å². The Balaban J connectivity index is 1.51. The molecule has 3 rings (SSSR count). The van der Waals surface area contributed by atoms with Crippen molar-refractivity contribution in [2.75, 3.05) is 19.6 Å². The summed E-state index contributed by atoms with van der Waals surface area (Å²) in [5.41, 5.74) is 0. The summed E-state index contributed by atoms with van der Waals surface area (Å²) in [6.07, 6.45) is 10.8. The van der Waals surface area contributed by atoms with Crippen molar-refractivity contribution in [1.29, 1.82) is 0 Å². The van der Waals surface area contributed by atoms with Gasteiger partial charge in [-0.1, -0.05) is 19.3 Å². The molecule has 1 aliphatic heterocycles. The lowest BCUT2D eigenvalue weighted by atomic mass is 9.96. The zero-order valence-electron chi connectivity index (χ0n) is 13.2. The van der Waals surface area contributed by atoms with Crippen molar-refractivity contribution in [1.82, 2.24) is 15.5 Å². The first-order valence-corrected chi connectivity index (χ1v) is 9.05. The Hall–Kier alpha value is -1.07. The summed E-state index contributed by atoms with van der Waals surface area (Å²) in [6.45, 7) is 3.11. The first kappa shape index (κ1) is 15.8. The molecule has 5 heteroatoms. The first-order valence-electron chi connectivity index (χ1n) is 8.65. The second-order valence-electron chi connectivity index (χ2n) is 6.46. The van der Waals surface area contributed by atoms with Crippen LogP contribution in [0, 0.1) is 0 Å². The molecule has 0 spiro atoms. The van der Waals surface area contributed by atoms with E-state index in [0.29, 0.717) is 6.04 Å². The number of nitrogens with one attached hydrogen (secondary N) is 2. The average molecular weight is 321 g/mol. The van der Waals surface area contributed by atoms with Crippen LogP contribution in [0.4, 0.5) is 0 Å². The molecule has 1 saturated carbocycles. The molecule has 1 saturated heterocycles. The van der Waals surface area contributed by atoms with Crippen LogP contribution in [-0.2, 0) is 0 Å². The summed E-state index contributed by atoms with van der Waals surface area (Å²) in [7, 11) is 0. The van der Waals surface area contributed by atoms with Crippen LogP contribution in [0.2, 0.25) is 0 Å². The topological polar surface area (TPSA) is 40.4 Å². The van der Waals surface area contributed by atoms with Gasteiger partial charge in [0.15, 0.2) is 5.11 Å². The van der Waals surface area contributed by atoms with Crippen LogP contribution in [0.15, 0.2) is 22.8 Å². The lowest BCUT2D eigenvalue weighted by Crippen LogP contribution is -2.45. The van der Waals surface area contributed by atoms with Gasteiger partial charge in [-0.2, -0.15) is 0 Å². The molecule has 1 unspecified atom stereocenters. The summed E-state index contributed by atoms with van der Waals surface area (Å²) < 4.78 is 5.64. The van der Waals surface area contributed by atoms with Crippen LogP contribution in [0.25, 0.3) is 0 Å². The smallest absolute Gasteiger partial charge is 0.166 e. The average Bonchev–Trinajstić information content (AvgIpc) is 3.22. The van der Waals surface area contributed by atoms with Gasteiger partial charge in [0.05, 0.1) is 12.3 Å². The molecule has 22 heavy (non-hydrogen) atoms. The standard InChI is InChI=1S/C17H27N3OS/c22-17(19-14-7-2-1-3-8-14)18-13-15(16-9-6-12-21-16)20-10-4-5-11-20/h6,9,12,14-15H,1-5,7-8,10-11,13H2,(H2,18,19,22). The van der Waals surface area contributed by atoms with Gasteiger partial charge in [-0.15, -0.1) is 0 Å². The third kappa shape index (κ3) is 4.23. The predicted molar refractivity (Wildman–Crippen MR) is 92.9 cm³/mol. The number of likely N-dealkylation sites (tertiary alicyclic amines) is 1. The maximum absolute atomic E-state index is 5.64. The largest absolute Gasteiger partial charge is 0.468 e. The Kier molecular flexibility index (Phi) is 5.73. The van der Waals surface area contributed by atoms with Gasteiger partial charge >= 0.3 is 0 Å². The normalized spacial score (nSPS) is 21.6. The number of furan rings is 1. The van der Waals surface area contributed by atoms with Crippen molar-refractivity contribution >= 4 is 17.3 Å². The van der Waals surface area contributed by atoms with E-state index in [4.69, 9.17) is 16.6 Å². The van der Waals surface area contributed by atoms with Crippen molar-refractivity contribution in [2.24, 2.45) is 0 Å². The molecular weight excluding hydrogens is 294 g/mol. The van der Waals surface area contributed by atoms with Crippen LogP contribution in [0.3, 0.4) is 0 Å². The zero-order valence-corrected chi connectivity index (χ0v) is 14.0. The van der Waals surface area contributed by atoms with Gasteiger partial charge in [0.2, 0.25) is 0 Å². The van der Waals surface area contributed by atoms with Crippen LogP contribution >= 0.6 is 12.2 Å². The minimum absolute atomic E-state index is 0.281. The molecule has 2 heterocycles. The highest BCUT2D eigenvalue weighted by Crippen LogP contribution is 2.25. The van der Waals surface area contributed by atoms with Crippen molar-refractivity contribution in [2.45, 2.75) is 57.0 Å². The molecule has 1 aliphatic carbocycles. The highest BCUT2D eigenvalue weighted by atomic mass is 32.1. The van der Waals surface area contributed by atoms with Gasteiger partial charge < -0.3 is 15.1 Å². The number of thiocarbonyl (C=S) groups is 1. The molecule has 1 atom stereocenters. The molecular formula is C17H27N3OS. The van der Waals surface area contributed by atoms with E-state index in [1.54, 1.807) is 6.26 Å². The second-order valence-corrected chi connectivity index (χ2v) is 6.87. The molecule has 1 aromatic heterocycles. The summed E-state index contributed by atoms with van der Waals surface area (Å²) in [4.78, 5) is 2.50. The van der Waals surface area contributed by atoms with E-state index < -0.39 is 0 Å². The third-order valence-corrected chi connectivity index (χ3v) is 5.11. The molecule has 0 bridgehead atoms. The van der Waals surface area contributed by atoms with Gasteiger partial charge in [-0.3, -0.25) is 4.90 Å². The summed E-state index contributed by atoms with van der Waals surface area (Å²) >= 11 is 5.49. The van der Waals surface area contributed by atoms with Crippen LogP contribution in [0.1, 0.15) is 56.7 Å². The summed E-state index contributed by atoms with van der Waals surface area (Å²) in [5.74, 6) is 1.04. The molecule has 1 aromatic rings. The van der Waals surface area contributed by atoms with Gasteiger partial charge in [0, 0.05) is 12.6 Å². The summed E-state index contributed by atoms with van der Waals surface area (Å²) in [5, 5.41) is 7.69. The molecule has 4 nitrogen and oxygen atoms in total. The first-order chi connectivity index (χ1) is 10.8. The van der Waals surface area contributed by atoms with Crippen LogP contribution in [-0.4, -0.2) is 35.7 Å². The number of rotatable bonds is 5. The molecule has 2 N–H and O–H groups in total. The molecule has 2 aliphatic rings. The van der Waals surface area contributed by atoms with E-state index in [-0.39, 0.29) is 6.04 Å². The SMILES string of the molecule is S=C(NCC(c1ccco1)N1CCCC1)NC1CCCCC1. The fourth-order valence-corrected chi connectivity index (χ4v) is 3.87. The Morgan fingerprint density at radius 2 is 2.00 bits per heavy atom. The second kappa shape index (κ2) is 7.97. The summed E-state index contributed by atoms with van der Waals surface area (Å²) in [6, 6.07) is 4.88. The number of nitrogens with zero attached hydrogens (tertiary/aromatic N) is 1. The predicted octanol–water partition coefficient (Wildman–Crippen LogP) is 3.21. The van der Waals surface area contributed by atoms with Gasteiger partial charge in [0.1, 0.15) is 5.76 Å². The maximum atomic E-state index is 5.64. The minimum Gasteiger partial charge on any atom is -0.468 e. The Labute approximate surface area is 138 Å². The molecule has 2 fully saturated rings. The Morgan fingerprint density at radius 1 is 1.23 bits per heavy atom. The van der Waals surface area contributed by atoms with Crippen molar-refractivity contribution in [3.05, 3.63) is 24.2 Å². The van der Waals surface area contributed by atoms with Gasteiger partial charge in [-0.25, -0.2) is 0 Å². The molecule has 0 amide bonds. The Bertz CT molecular complexity index is 450. The van der Waals surface area contributed by atoms with E-state index >= 15 is 0 Å². The van der Waals surface area contributed by atoms with Crippen molar-refractivity contribution in [3.8, 4) is 0 Å². The van der Waals surface area contributed by atoms with E-state index in [2.05, 4.69) is 21.6 Å². The van der Waals surface area contributed by atoms with Gasteiger partial charge in [-0.05, 0) is 63.1 Å². The van der Waals surface area contributed by atoms with Crippen LogP contribution in [0.5, 0.6) is 0 Å². The fraction of sp³-hybridized carbons (Fsp3) is 0.706. The molecule has 0 radical (unpaired) electrons. The van der Waals surface area contributed by atoms with E-state index in [0.717, 1.165) is 30.5 Å². The quantitative estimate of drug-likeness (QED) is 0.815. The van der Waals surface area contributed by atoms with Crippen molar-refractivity contribution in [3.63, 3.8) is 0 Å². The van der Waals surface area contributed by atoms with E-state index in [9.17, 15) is 0 Å². The maximum Gasteiger partial charge on any atom is 0.166 e. The van der Waals surface area contributed by atoms with Gasteiger partial charge in [0.25, 0.3) is 0 Å². The minimum atomic E-state index is 0.281. The lowest BCUT2D eigenvalue weighted by Gasteiger charge is -2.28. The molecule has 122 valence electrons. The third-order valence-electron chi connectivity index (χ3n) is 4.85. The van der Waals surface area contributed by atoms with Crippen LogP contribution < -0.4 is 10.6 Å². The number of hydrogen-bond acceptors (Lipinski definition) is 3.